The molecule has 0 heterocycles. The van der Waals surface area contributed by atoms with Crippen molar-refractivity contribution in [2.75, 3.05) is 0 Å². The van der Waals surface area contributed by atoms with Gasteiger partial charge < -0.3 is 0 Å². The van der Waals surface area contributed by atoms with E-state index in [2.05, 4.69) is 68.2 Å². The second-order valence-corrected chi connectivity index (χ2v) is 11.4. The molecule has 2 heteroatoms. The molecular formula is C12H19LiSi. The molecule has 0 atom stereocenters. The third-order valence-corrected chi connectivity index (χ3v) is 4.04. The zero-order valence-corrected chi connectivity index (χ0v) is 10.9. The average Bonchev–Trinajstić information content (AvgIpc) is 2.30. The third-order valence-electron chi connectivity index (χ3n) is 2.48. The summed E-state index contributed by atoms with van der Waals surface area (Å²) in [6, 6.07) is 1.25. The van der Waals surface area contributed by atoms with Gasteiger partial charge in [0.1, 0.15) is 0 Å². The second-order valence-electron chi connectivity index (χ2n) is 5.89. The van der Waals surface area contributed by atoms with Crippen LogP contribution in [0.5, 0.6) is 0 Å². The molecule has 0 aromatic heterocycles. The fourth-order valence-corrected chi connectivity index (χ4v) is 3.70. The molecule has 0 aromatic rings. The summed E-state index contributed by atoms with van der Waals surface area (Å²) < 4.78 is 0.247. The summed E-state index contributed by atoms with van der Waals surface area (Å²) in [6.45, 7) is 11.4. The van der Waals surface area contributed by atoms with Crippen molar-refractivity contribution in [1.29, 1.82) is 0 Å². The van der Waals surface area contributed by atoms with Crippen LogP contribution in [0.1, 0.15) is 6.42 Å². The normalized spacial score (nSPS) is 18.9. The van der Waals surface area contributed by atoms with Crippen molar-refractivity contribution in [3.63, 3.8) is 0 Å². The molecule has 0 N–H and O–H groups in total. The van der Waals surface area contributed by atoms with Crippen LogP contribution in [0, 0.1) is 0 Å². The van der Waals surface area contributed by atoms with Crippen LogP contribution in [0.4, 0.5) is 0 Å². The molecule has 0 nitrogen and oxygen atoms in total. The maximum absolute atomic E-state index is 4.22. The summed E-state index contributed by atoms with van der Waals surface area (Å²) in [7, 11) is -0.973. The van der Waals surface area contributed by atoms with E-state index in [1.165, 1.54) is 11.6 Å². The van der Waals surface area contributed by atoms with E-state index in [4.69, 9.17) is 0 Å². The van der Waals surface area contributed by atoms with Gasteiger partial charge in [-0.3, -0.25) is 0 Å². The Morgan fingerprint density at radius 2 is 1.79 bits per heavy atom. The van der Waals surface area contributed by atoms with Crippen molar-refractivity contribution in [1.82, 2.24) is 0 Å². The van der Waals surface area contributed by atoms with Crippen molar-refractivity contribution in [2.45, 2.75) is 36.2 Å². The van der Waals surface area contributed by atoms with Crippen molar-refractivity contribution in [2.24, 2.45) is 0 Å². The molecule has 1 aliphatic carbocycles. The maximum atomic E-state index is 4.22. The van der Waals surface area contributed by atoms with Crippen molar-refractivity contribution in [3.05, 3.63) is 36.5 Å². The van der Waals surface area contributed by atoms with Crippen LogP contribution in [0.25, 0.3) is 0 Å². The van der Waals surface area contributed by atoms with Gasteiger partial charge in [0.25, 0.3) is 0 Å². The van der Waals surface area contributed by atoms with Gasteiger partial charge >= 0.3 is 98.4 Å². The Balaban J connectivity index is 2.49. The van der Waals surface area contributed by atoms with Gasteiger partial charge in [0.05, 0.1) is 0 Å². The Kier molecular flexibility index (Phi) is 3.69. The van der Waals surface area contributed by atoms with Gasteiger partial charge in [-0.25, -0.2) is 0 Å². The van der Waals surface area contributed by atoms with Gasteiger partial charge in [0.15, 0.2) is 0 Å². The Labute approximate surface area is 98.4 Å². The van der Waals surface area contributed by atoms with Crippen LogP contribution in [-0.4, -0.2) is 25.8 Å². The van der Waals surface area contributed by atoms with E-state index in [1.54, 1.807) is 0 Å². The average molecular weight is 198 g/mol. The molecule has 72 valence electrons. The van der Waals surface area contributed by atoms with Crippen LogP contribution in [0.15, 0.2) is 36.5 Å². The first-order valence-corrected chi connectivity index (χ1v) is 9.05. The number of rotatable bonds is 4. The van der Waals surface area contributed by atoms with Gasteiger partial charge in [-0.05, 0) is 0 Å². The van der Waals surface area contributed by atoms with E-state index in [0.29, 0.717) is 0 Å². The molecule has 0 saturated heterocycles. The van der Waals surface area contributed by atoms with Gasteiger partial charge in [-0.2, -0.15) is 0 Å². The topological polar surface area (TPSA) is 0 Å². The summed E-state index contributed by atoms with van der Waals surface area (Å²) in [5, 5.41) is 0. The first-order valence-electron chi connectivity index (χ1n) is 5.35. The molecule has 14 heavy (non-hydrogen) atoms. The minimum atomic E-state index is -0.973. The summed E-state index contributed by atoms with van der Waals surface area (Å²) in [5.74, 6) is 0. The zero-order chi connectivity index (χ0) is 10.8. The molecule has 0 aliphatic heterocycles. The van der Waals surface area contributed by atoms with E-state index in [1.807, 2.05) is 0 Å². The van der Waals surface area contributed by atoms with Crippen molar-refractivity contribution in [3.8, 4) is 0 Å². The minimum absolute atomic E-state index is 0.247. The quantitative estimate of drug-likeness (QED) is 0.477. The second kappa shape index (κ2) is 4.27. The predicted molar refractivity (Wildman–Crippen MR) is 68.6 cm³/mol. The molecule has 0 bridgehead atoms. The standard InChI is InChI=1S/C12H19Si.Li/c1-11(10-13(2,3)4)9-12-7-5-6-8-12;/h5-8H,1,9-10H2,2-4H3;. The Morgan fingerprint density at radius 1 is 1.29 bits per heavy atom. The van der Waals surface area contributed by atoms with Gasteiger partial charge in [-0.15, -0.1) is 0 Å². The molecule has 0 unspecified atom stereocenters. The number of hydrogen-bond acceptors (Lipinski definition) is 0. The van der Waals surface area contributed by atoms with Gasteiger partial charge in [-0.1, -0.05) is 0 Å². The number of hydrogen-bond donors (Lipinski definition) is 0. The van der Waals surface area contributed by atoms with Crippen LogP contribution in [-0.2, 0) is 0 Å². The third kappa shape index (κ3) is 4.04. The monoisotopic (exact) mass is 198 g/mol. The molecule has 0 saturated carbocycles. The zero-order valence-electron chi connectivity index (χ0n) is 9.93. The molecule has 0 aromatic carbocycles. The van der Waals surface area contributed by atoms with Crippen LogP contribution >= 0.6 is 0 Å². The molecule has 0 amide bonds. The van der Waals surface area contributed by atoms with Crippen LogP contribution < -0.4 is 0 Å². The summed E-state index contributed by atoms with van der Waals surface area (Å²) in [4.78, 5) is 0. The molecule has 0 fully saturated rings. The number of allylic oxidation sites excluding steroid dienone is 5. The fraction of sp³-hybridized carbons (Fsp3) is 0.500. The Hall–Kier alpha value is 0.0343. The summed E-state index contributed by atoms with van der Waals surface area (Å²) in [6.07, 6.45) is 9.96. The van der Waals surface area contributed by atoms with E-state index < -0.39 is 8.07 Å². The van der Waals surface area contributed by atoms with Crippen LogP contribution in [0.3, 0.4) is 0 Å². The summed E-state index contributed by atoms with van der Waals surface area (Å²) in [5.41, 5.74) is 1.42. The van der Waals surface area contributed by atoms with Crippen molar-refractivity contribution < 1.29 is 0 Å². The first-order chi connectivity index (χ1) is 6.31. The van der Waals surface area contributed by atoms with Crippen molar-refractivity contribution >= 4 is 25.8 Å². The van der Waals surface area contributed by atoms with E-state index in [9.17, 15) is 0 Å². The summed E-state index contributed by atoms with van der Waals surface area (Å²) >= 11 is 2.28. The molecule has 1 aliphatic rings. The molecule has 0 spiro atoms. The Morgan fingerprint density at radius 3 is 2.21 bits per heavy atom. The van der Waals surface area contributed by atoms with Gasteiger partial charge in [0.2, 0.25) is 0 Å². The van der Waals surface area contributed by atoms with Crippen LogP contribution in [0.2, 0.25) is 29.8 Å². The fourth-order valence-electron chi connectivity index (χ4n) is 2.08. The van der Waals surface area contributed by atoms with E-state index >= 15 is 0 Å². The predicted octanol–water partition coefficient (Wildman–Crippen LogP) is 3.72. The van der Waals surface area contributed by atoms with Gasteiger partial charge in [0, 0.05) is 0 Å². The molecule has 0 radical (unpaired) electrons. The molecule has 1 rings (SSSR count). The van der Waals surface area contributed by atoms with E-state index in [0.717, 1.165) is 6.42 Å². The Bertz CT molecular complexity index is 269. The van der Waals surface area contributed by atoms with E-state index in [-0.39, 0.29) is 4.09 Å². The molecular weight excluding hydrogens is 179 g/mol. The first kappa shape index (κ1) is 12.1. The SMILES string of the molecule is [Li][C]1(CC(=C)C[Si](C)(C)C)C=CC=C1.